The molecule has 1 fully saturated rings. The smallest absolute Gasteiger partial charge is 0.352 e. The minimum Gasteiger partial charge on any atom is -0.379 e. The van der Waals surface area contributed by atoms with E-state index >= 15 is 0 Å². The molecule has 1 N–H and O–H groups in total. The Labute approximate surface area is 195 Å². The Morgan fingerprint density at radius 1 is 1.12 bits per heavy atom. The molecule has 2 heterocycles. The van der Waals surface area contributed by atoms with Gasteiger partial charge in [-0.15, -0.1) is 0 Å². The van der Waals surface area contributed by atoms with Crippen LogP contribution < -0.4 is 16.6 Å². The van der Waals surface area contributed by atoms with Crippen molar-refractivity contribution in [2.24, 2.45) is 0 Å². The summed E-state index contributed by atoms with van der Waals surface area (Å²) in [5, 5.41) is 6.83. The second-order valence-corrected chi connectivity index (χ2v) is 8.11. The van der Waals surface area contributed by atoms with E-state index in [0.717, 1.165) is 27.9 Å². The van der Waals surface area contributed by atoms with Crippen molar-refractivity contribution in [2.75, 3.05) is 39.4 Å². The molecule has 34 heavy (non-hydrogen) atoms. The number of ether oxygens (including phenoxy) is 1. The number of carbonyl (C=O) groups is 1. The highest BCUT2D eigenvalue weighted by atomic mass is 19.1. The highest BCUT2D eigenvalue weighted by Crippen LogP contribution is 2.07. The molecule has 178 valence electrons. The molecule has 0 atom stereocenters. The van der Waals surface area contributed by atoms with Gasteiger partial charge < -0.3 is 10.1 Å². The summed E-state index contributed by atoms with van der Waals surface area (Å²) in [6.45, 7) is 5.44. The number of aromatic nitrogens is 3. The van der Waals surface area contributed by atoms with Crippen molar-refractivity contribution in [1.29, 1.82) is 0 Å². The first-order chi connectivity index (χ1) is 16.4. The van der Waals surface area contributed by atoms with Gasteiger partial charge in [0.2, 0.25) is 5.69 Å². The van der Waals surface area contributed by atoms with E-state index in [4.69, 9.17) is 4.74 Å². The van der Waals surface area contributed by atoms with Crippen LogP contribution in [0.3, 0.4) is 0 Å². The van der Waals surface area contributed by atoms with Gasteiger partial charge >= 0.3 is 5.69 Å². The average Bonchev–Trinajstić information content (AvgIpc) is 2.83. The maximum atomic E-state index is 13.7. The van der Waals surface area contributed by atoms with Gasteiger partial charge in [0, 0.05) is 26.2 Å². The van der Waals surface area contributed by atoms with Gasteiger partial charge in [-0.25, -0.2) is 9.18 Å². The summed E-state index contributed by atoms with van der Waals surface area (Å²) in [6, 6.07) is 12.6. The highest BCUT2D eigenvalue weighted by molar-refractivity contribution is 5.91. The van der Waals surface area contributed by atoms with Gasteiger partial charge in [-0.1, -0.05) is 29.8 Å². The normalized spacial score (nSPS) is 14.2. The fourth-order valence-electron chi connectivity index (χ4n) is 3.70. The zero-order chi connectivity index (χ0) is 24.1. The van der Waals surface area contributed by atoms with Crippen molar-refractivity contribution in [3.63, 3.8) is 0 Å². The van der Waals surface area contributed by atoms with E-state index in [0.29, 0.717) is 37.6 Å². The molecule has 4 rings (SSSR count). The van der Waals surface area contributed by atoms with E-state index in [2.05, 4.69) is 15.3 Å². The number of nitrogens with zero attached hydrogens (tertiary/aromatic N) is 4. The third-order valence-electron chi connectivity index (χ3n) is 5.60. The molecule has 1 saturated heterocycles. The molecule has 0 radical (unpaired) electrons. The number of benzene rings is 2. The SMILES string of the molecule is Cc1ccc(-n2nc(C(=O)NCCN3CCOCC3)c(=O)n(Cc3cccc(F)c3)c2=O)cc1. The van der Waals surface area contributed by atoms with Gasteiger partial charge in [-0.3, -0.25) is 19.1 Å². The van der Waals surface area contributed by atoms with E-state index < -0.39 is 28.7 Å². The van der Waals surface area contributed by atoms with Crippen LogP contribution in [0.1, 0.15) is 21.6 Å². The summed E-state index contributed by atoms with van der Waals surface area (Å²) < 4.78 is 20.9. The summed E-state index contributed by atoms with van der Waals surface area (Å²) >= 11 is 0. The van der Waals surface area contributed by atoms with Crippen molar-refractivity contribution in [2.45, 2.75) is 13.5 Å². The van der Waals surface area contributed by atoms with Crippen LogP contribution in [0.5, 0.6) is 0 Å². The van der Waals surface area contributed by atoms with Crippen LogP contribution in [0.15, 0.2) is 58.1 Å². The predicted octanol–water partition coefficient (Wildman–Crippen LogP) is 0.952. The molecule has 0 aliphatic carbocycles. The first-order valence-electron chi connectivity index (χ1n) is 11.1. The number of aryl methyl sites for hydroxylation is 1. The van der Waals surface area contributed by atoms with Crippen LogP contribution in [-0.2, 0) is 11.3 Å². The second-order valence-electron chi connectivity index (χ2n) is 8.11. The number of hydrogen-bond acceptors (Lipinski definition) is 6. The van der Waals surface area contributed by atoms with Gasteiger partial charge in [0.1, 0.15) is 5.82 Å². The van der Waals surface area contributed by atoms with E-state index in [1.807, 2.05) is 6.92 Å². The fourth-order valence-corrected chi connectivity index (χ4v) is 3.70. The average molecular weight is 468 g/mol. The van der Waals surface area contributed by atoms with Crippen LogP contribution in [0, 0.1) is 12.7 Å². The molecule has 0 bridgehead atoms. The zero-order valence-electron chi connectivity index (χ0n) is 18.9. The molecule has 1 aliphatic heterocycles. The highest BCUT2D eigenvalue weighted by Gasteiger charge is 2.21. The summed E-state index contributed by atoms with van der Waals surface area (Å²) in [4.78, 5) is 41.4. The van der Waals surface area contributed by atoms with Gasteiger partial charge in [0.15, 0.2) is 0 Å². The quantitative estimate of drug-likeness (QED) is 0.556. The first-order valence-corrected chi connectivity index (χ1v) is 11.1. The number of nitrogens with one attached hydrogen (secondary N) is 1. The lowest BCUT2D eigenvalue weighted by molar-refractivity contribution is 0.0383. The summed E-state index contributed by atoms with van der Waals surface area (Å²) in [5.74, 6) is -1.16. The van der Waals surface area contributed by atoms with E-state index in [-0.39, 0.29) is 6.54 Å². The number of morpholine rings is 1. The minimum absolute atomic E-state index is 0.197. The molecular formula is C24H26FN5O4. The molecular weight excluding hydrogens is 441 g/mol. The zero-order valence-corrected chi connectivity index (χ0v) is 18.9. The Hall–Kier alpha value is -3.63. The molecule has 1 amide bonds. The number of carbonyl (C=O) groups excluding carboxylic acids is 1. The Morgan fingerprint density at radius 3 is 2.56 bits per heavy atom. The molecule has 10 heteroatoms. The summed E-state index contributed by atoms with van der Waals surface area (Å²) in [7, 11) is 0. The van der Waals surface area contributed by atoms with Crippen molar-refractivity contribution < 1.29 is 13.9 Å². The van der Waals surface area contributed by atoms with E-state index in [1.165, 1.54) is 18.2 Å². The molecule has 2 aromatic carbocycles. The largest absolute Gasteiger partial charge is 0.379 e. The summed E-state index contributed by atoms with van der Waals surface area (Å²) in [6.07, 6.45) is 0. The molecule has 1 aromatic heterocycles. The maximum Gasteiger partial charge on any atom is 0.352 e. The van der Waals surface area contributed by atoms with E-state index in [9.17, 15) is 18.8 Å². The topological polar surface area (TPSA) is 98.5 Å². The molecule has 0 saturated carbocycles. The summed E-state index contributed by atoms with van der Waals surface area (Å²) in [5.41, 5.74) is -0.153. The number of rotatable bonds is 7. The van der Waals surface area contributed by atoms with Gasteiger partial charge in [-0.2, -0.15) is 9.78 Å². The Bertz CT molecular complexity index is 1280. The fraction of sp³-hybridized carbons (Fsp3) is 0.333. The number of hydrogen-bond donors (Lipinski definition) is 1. The first kappa shape index (κ1) is 23.5. The van der Waals surface area contributed by atoms with Crippen LogP contribution in [0.4, 0.5) is 4.39 Å². The van der Waals surface area contributed by atoms with Gasteiger partial charge in [0.25, 0.3) is 11.5 Å². The van der Waals surface area contributed by atoms with Crippen LogP contribution in [0.2, 0.25) is 0 Å². The lowest BCUT2D eigenvalue weighted by Gasteiger charge is -2.26. The molecule has 3 aromatic rings. The van der Waals surface area contributed by atoms with Crippen molar-refractivity contribution in [3.8, 4) is 5.69 Å². The van der Waals surface area contributed by atoms with Crippen LogP contribution >= 0.6 is 0 Å². The third-order valence-corrected chi connectivity index (χ3v) is 5.60. The molecule has 0 spiro atoms. The molecule has 9 nitrogen and oxygen atoms in total. The Kier molecular flexibility index (Phi) is 7.29. The molecule has 0 unspecified atom stereocenters. The van der Waals surface area contributed by atoms with Gasteiger partial charge in [-0.05, 0) is 36.8 Å². The number of halogens is 1. The van der Waals surface area contributed by atoms with Crippen molar-refractivity contribution in [3.05, 3.63) is 92.0 Å². The Morgan fingerprint density at radius 2 is 1.85 bits per heavy atom. The van der Waals surface area contributed by atoms with Crippen molar-refractivity contribution >= 4 is 5.91 Å². The lowest BCUT2D eigenvalue weighted by atomic mass is 10.2. The maximum absolute atomic E-state index is 13.7. The Balaban J connectivity index is 1.67. The predicted molar refractivity (Wildman–Crippen MR) is 124 cm³/mol. The monoisotopic (exact) mass is 467 g/mol. The van der Waals surface area contributed by atoms with Crippen LogP contribution in [0.25, 0.3) is 5.69 Å². The van der Waals surface area contributed by atoms with Gasteiger partial charge in [0.05, 0.1) is 25.4 Å². The minimum atomic E-state index is -0.832. The van der Waals surface area contributed by atoms with E-state index in [1.54, 1.807) is 30.3 Å². The third kappa shape index (κ3) is 5.46. The van der Waals surface area contributed by atoms with Crippen molar-refractivity contribution in [1.82, 2.24) is 24.6 Å². The standard InChI is InChI=1S/C24H26FN5O4/c1-17-5-7-20(8-6-17)30-24(33)29(16-18-3-2-4-19(25)15-18)23(32)21(27-30)22(31)26-9-10-28-11-13-34-14-12-28/h2-8,15H,9-14,16H2,1H3,(H,26,31). The second kappa shape index (κ2) is 10.5. The molecule has 1 aliphatic rings. The lowest BCUT2D eigenvalue weighted by Crippen LogP contribution is -2.47. The number of amides is 1. The van der Waals surface area contributed by atoms with Crippen LogP contribution in [-0.4, -0.2) is 64.5 Å².